The van der Waals surface area contributed by atoms with Crippen LogP contribution in [0.15, 0.2) is 42.6 Å². The number of carbonyl (C=O) groups excluding carboxylic acids is 2. The van der Waals surface area contributed by atoms with Crippen LogP contribution in [0.25, 0.3) is 0 Å². The number of fused-ring (bicyclic) bond motifs is 1. The Bertz CT molecular complexity index is 960. The summed E-state index contributed by atoms with van der Waals surface area (Å²) < 4.78 is 15.0. The minimum Gasteiger partial charge on any atom is -0.330 e. The largest absolute Gasteiger partial charge is 0.330 e. The van der Waals surface area contributed by atoms with Gasteiger partial charge in [0.15, 0.2) is 0 Å². The van der Waals surface area contributed by atoms with Gasteiger partial charge in [-0.2, -0.15) is 0 Å². The van der Waals surface area contributed by atoms with Gasteiger partial charge >= 0.3 is 0 Å². The Balaban J connectivity index is 1.40. The molecule has 152 valence electrons. The van der Waals surface area contributed by atoms with E-state index in [9.17, 15) is 14.0 Å². The van der Waals surface area contributed by atoms with E-state index in [0.29, 0.717) is 54.8 Å². The summed E-state index contributed by atoms with van der Waals surface area (Å²) in [4.78, 5) is 31.1. The first-order chi connectivity index (χ1) is 14.0. The molecule has 29 heavy (non-hydrogen) atoms. The van der Waals surface area contributed by atoms with E-state index in [1.165, 1.54) is 12.3 Å². The second-order valence-corrected chi connectivity index (χ2v) is 7.52. The van der Waals surface area contributed by atoms with Crippen LogP contribution in [0.5, 0.6) is 0 Å². The number of halogens is 2. The van der Waals surface area contributed by atoms with Crippen molar-refractivity contribution in [1.29, 1.82) is 0 Å². The number of para-hydroxylation sites is 1. The topological polar surface area (TPSA) is 79.3 Å². The molecule has 0 aliphatic carbocycles. The molecule has 9 heteroatoms. The number of carbonyl (C=O) groups is 2. The van der Waals surface area contributed by atoms with E-state index in [-0.39, 0.29) is 17.9 Å². The third-order valence-electron chi connectivity index (χ3n) is 5.11. The number of rotatable bonds is 4. The zero-order valence-corrected chi connectivity index (χ0v) is 16.4. The van der Waals surface area contributed by atoms with Crippen molar-refractivity contribution in [2.45, 2.75) is 31.7 Å². The Labute approximate surface area is 172 Å². The quantitative estimate of drug-likeness (QED) is 0.749. The molecule has 2 amide bonds. The van der Waals surface area contributed by atoms with Gasteiger partial charge in [-0.15, -0.1) is 0 Å². The smallest absolute Gasteiger partial charge is 0.273 e. The number of hydrogen-bond acceptors (Lipinski definition) is 4. The number of anilines is 1. The molecule has 0 saturated carbocycles. The average molecular weight is 418 g/mol. The number of nitrogens with one attached hydrogen (secondary N) is 2. The van der Waals surface area contributed by atoms with Crippen molar-refractivity contribution in [3.8, 4) is 0 Å². The van der Waals surface area contributed by atoms with Gasteiger partial charge in [0.25, 0.3) is 5.91 Å². The molecule has 1 aromatic carbocycles. The number of amides is 2. The third kappa shape index (κ3) is 4.33. The summed E-state index contributed by atoms with van der Waals surface area (Å²) >= 11 is 6.10. The van der Waals surface area contributed by atoms with Crippen molar-refractivity contribution in [3.63, 3.8) is 0 Å². The number of hydrogen-bond donors (Lipinski definition) is 2. The highest BCUT2D eigenvalue weighted by Gasteiger charge is 2.26. The lowest BCUT2D eigenvalue weighted by atomic mass is 10.2. The molecule has 2 aromatic rings. The van der Waals surface area contributed by atoms with Crippen molar-refractivity contribution in [1.82, 2.24) is 19.8 Å². The van der Waals surface area contributed by atoms with E-state index in [0.717, 1.165) is 0 Å². The molecule has 2 N–H and O–H groups in total. The first kappa shape index (κ1) is 19.6. The molecule has 1 aromatic heterocycles. The van der Waals surface area contributed by atoms with Gasteiger partial charge in [-0.1, -0.05) is 29.8 Å². The molecule has 2 aliphatic heterocycles. The van der Waals surface area contributed by atoms with Crippen molar-refractivity contribution >= 4 is 29.1 Å². The zero-order chi connectivity index (χ0) is 20.4. The highest BCUT2D eigenvalue weighted by molar-refractivity contribution is 6.33. The van der Waals surface area contributed by atoms with E-state index >= 15 is 0 Å². The lowest BCUT2D eigenvalue weighted by Crippen LogP contribution is -2.38. The first-order valence-electron chi connectivity index (χ1n) is 9.46. The molecular weight excluding hydrogens is 397 g/mol. The number of imidazole rings is 1. The minimum atomic E-state index is -0.863. The van der Waals surface area contributed by atoms with Crippen LogP contribution in [0.3, 0.4) is 0 Å². The fourth-order valence-electron chi connectivity index (χ4n) is 3.55. The molecule has 2 atom stereocenters. The number of benzene rings is 1. The van der Waals surface area contributed by atoms with E-state index < -0.39 is 6.17 Å². The van der Waals surface area contributed by atoms with E-state index in [4.69, 9.17) is 11.6 Å². The molecular formula is C20H21ClFN5O2. The van der Waals surface area contributed by atoms with Gasteiger partial charge in [0.2, 0.25) is 5.91 Å². The average Bonchev–Trinajstić information content (AvgIpc) is 3.33. The lowest BCUT2D eigenvalue weighted by Gasteiger charge is -2.27. The Kier molecular flexibility index (Phi) is 5.64. The van der Waals surface area contributed by atoms with Gasteiger partial charge in [-0.3, -0.25) is 9.59 Å². The van der Waals surface area contributed by atoms with Crippen LogP contribution >= 0.6 is 11.6 Å². The van der Waals surface area contributed by atoms with Gasteiger partial charge in [0.05, 0.1) is 23.5 Å². The fraction of sp³-hybridized carbons (Fsp3) is 0.350. The van der Waals surface area contributed by atoms with Gasteiger partial charge in [0, 0.05) is 31.8 Å². The summed E-state index contributed by atoms with van der Waals surface area (Å²) in [5.74, 6) is 0.195. The Hall–Kier alpha value is -2.71. The molecule has 4 rings (SSSR count). The maximum absolute atomic E-state index is 13.2. The molecule has 3 heterocycles. The minimum absolute atomic E-state index is 0.110. The lowest BCUT2D eigenvalue weighted by molar-refractivity contribution is -0.127. The number of nitrogens with zero attached hydrogens (tertiary/aromatic N) is 3. The molecule has 0 radical (unpaired) electrons. The van der Waals surface area contributed by atoms with Crippen molar-refractivity contribution in [2.75, 3.05) is 18.4 Å². The summed E-state index contributed by atoms with van der Waals surface area (Å²) in [5.41, 5.74) is 0.954. The van der Waals surface area contributed by atoms with Crippen LogP contribution in [-0.2, 0) is 17.9 Å². The summed E-state index contributed by atoms with van der Waals surface area (Å²) in [7, 11) is 0. The molecule has 1 fully saturated rings. The van der Waals surface area contributed by atoms with Crippen LogP contribution in [0.1, 0.15) is 22.7 Å². The molecule has 1 saturated heterocycles. The van der Waals surface area contributed by atoms with E-state index in [2.05, 4.69) is 15.6 Å². The Morgan fingerprint density at radius 2 is 2.14 bits per heavy atom. The maximum atomic E-state index is 13.2. The molecule has 7 nitrogen and oxygen atoms in total. The van der Waals surface area contributed by atoms with Crippen molar-refractivity contribution in [2.24, 2.45) is 0 Å². The molecule has 2 aliphatic rings. The maximum Gasteiger partial charge on any atom is 0.273 e. The summed E-state index contributed by atoms with van der Waals surface area (Å²) in [6.07, 6.45) is 4.23. The normalized spacial score (nSPS) is 21.4. The van der Waals surface area contributed by atoms with E-state index in [1.54, 1.807) is 35.2 Å². The second kappa shape index (κ2) is 8.34. The van der Waals surface area contributed by atoms with Crippen LogP contribution < -0.4 is 10.6 Å². The van der Waals surface area contributed by atoms with Gasteiger partial charge < -0.3 is 20.1 Å². The first-order valence-corrected chi connectivity index (χ1v) is 9.84. The van der Waals surface area contributed by atoms with Crippen LogP contribution in [0.4, 0.5) is 10.1 Å². The van der Waals surface area contributed by atoms with Crippen LogP contribution in [-0.4, -0.2) is 51.6 Å². The van der Waals surface area contributed by atoms with Gasteiger partial charge in [-0.25, -0.2) is 9.37 Å². The standard InChI is InChI=1S/C20H21ClFN5O2/c21-15-3-1-2-4-16(15)25-20(29)17-11-24-18-12-26(7-8-27(17)18)19(28)6-5-14-9-13(22)10-23-14/h1-6,11,13-14,23H,7-10,12H2,(H,25,29)/b6-5+/t13-,14?/m0/s1. The predicted octanol–water partition coefficient (Wildman–Crippen LogP) is 2.39. The van der Waals surface area contributed by atoms with Crippen LogP contribution in [0.2, 0.25) is 5.02 Å². The van der Waals surface area contributed by atoms with Crippen molar-refractivity contribution in [3.05, 3.63) is 59.2 Å². The molecule has 0 bridgehead atoms. The highest BCUT2D eigenvalue weighted by atomic mass is 35.5. The van der Waals surface area contributed by atoms with Crippen LogP contribution in [0, 0.1) is 0 Å². The third-order valence-corrected chi connectivity index (χ3v) is 5.44. The molecule has 0 spiro atoms. The zero-order valence-electron chi connectivity index (χ0n) is 15.6. The second-order valence-electron chi connectivity index (χ2n) is 7.11. The fourth-order valence-corrected chi connectivity index (χ4v) is 3.73. The highest BCUT2D eigenvalue weighted by Crippen LogP contribution is 2.22. The Morgan fingerprint density at radius 1 is 1.31 bits per heavy atom. The molecule has 1 unspecified atom stereocenters. The van der Waals surface area contributed by atoms with E-state index in [1.807, 2.05) is 4.57 Å². The Morgan fingerprint density at radius 3 is 2.90 bits per heavy atom. The van der Waals surface area contributed by atoms with Gasteiger partial charge in [-0.05, 0) is 18.6 Å². The number of aromatic nitrogens is 2. The van der Waals surface area contributed by atoms with Gasteiger partial charge in [0.1, 0.15) is 17.7 Å². The SMILES string of the molecule is O=C(Nc1ccccc1Cl)c1cnc2n1CCN(C(=O)/C=C/C1C[C@H](F)CN1)C2. The predicted molar refractivity (Wildman–Crippen MR) is 107 cm³/mol. The van der Waals surface area contributed by atoms with Crippen molar-refractivity contribution < 1.29 is 14.0 Å². The summed E-state index contributed by atoms with van der Waals surface area (Å²) in [6, 6.07) is 6.90. The number of alkyl halides is 1. The monoisotopic (exact) mass is 417 g/mol. The summed E-state index contributed by atoms with van der Waals surface area (Å²) in [6.45, 7) is 1.56. The summed E-state index contributed by atoms with van der Waals surface area (Å²) in [5, 5.41) is 6.26.